The van der Waals surface area contributed by atoms with Gasteiger partial charge in [-0.2, -0.15) is 0 Å². The summed E-state index contributed by atoms with van der Waals surface area (Å²) >= 11 is 5.02. The molecule has 0 spiro atoms. The van der Waals surface area contributed by atoms with E-state index in [-0.39, 0.29) is 5.91 Å². The van der Waals surface area contributed by atoms with E-state index < -0.39 is 5.41 Å². The highest BCUT2D eigenvalue weighted by atomic mass is 32.1. The number of rotatable bonds is 3. The summed E-state index contributed by atoms with van der Waals surface area (Å²) in [4.78, 5) is 14.6. The number of carbonyl (C=O) groups is 1. The van der Waals surface area contributed by atoms with E-state index in [2.05, 4.69) is 0 Å². The van der Waals surface area contributed by atoms with E-state index in [1.807, 2.05) is 11.9 Å². The van der Waals surface area contributed by atoms with Gasteiger partial charge in [0.1, 0.15) is 0 Å². The van der Waals surface area contributed by atoms with Crippen molar-refractivity contribution in [2.75, 3.05) is 7.05 Å². The average molecular weight is 240 g/mol. The molecule has 3 nitrogen and oxygen atoms in total. The van der Waals surface area contributed by atoms with E-state index in [9.17, 15) is 4.79 Å². The quantitative estimate of drug-likeness (QED) is 0.766. The van der Waals surface area contributed by atoms with Crippen molar-refractivity contribution in [2.45, 2.75) is 51.0 Å². The molecule has 0 saturated heterocycles. The van der Waals surface area contributed by atoms with E-state index in [1.165, 1.54) is 19.3 Å². The van der Waals surface area contributed by atoms with Crippen molar-refractivity contribution in [3.63, 3.8) is 0 Å². The van der Waals surface area contributed by atoms with Crippen LogP contribution in [0.5, 0.6) is 0 Å². The van der Waals surface area contributed by atoms with E-state index in [0.29, 0.717) is 11.0 Å². The Kier molecular flexibility index (Phi) is 3.19. The fraction of sp³-hybridized carbons (Fsp3) is 0.833. The first kappa shape index (κ1) is 11.8. The number of nitrogens with zero attached hydrogens (tertiary/aromatic N) is 1. The van der Waals surface area contributed by atoms with Gasteiger partial charge in [0, 0.05) is 13.1 Å². The second-order valence-electron chi connectivity index (χ2n) is 5.15. The fourth-order valence-corrected chi connectivity index (χ4v) is 2.95. The molecule has 0 aromatic carbocycles. The second kappa shape index (κ2) is 4.32. The van der Waals surface area contributed by atoms with Crippen molar-refractivity contribution in [1.29, 1.82) is 0 Å². The molecule has 0 aromatic rings. The molecule has 16 heavy (non-hydrogen) atoms. The van der Waals surface area contributed by atoms with Crippen LogP contribution in [-0.4, -0.2) is 28.9 Å². The lowest BCUT2D eigenvalue weighted by atomic mass is 9.93. The van der Waals surface area contributed by atoms with Gasteiger partial charge in [0.2, 0.25) is 5.91 Å². The van der Waals surface area contributed by atoms with Gasteiger partial charge in [-0.25, -0.2) is 0 Å². The Morgan fingerprint density at radius 3 is 2.31 bits per heavy atom. The Morgan fingerprint density at radius 1 is 1.31 bits per heavy atom. The molecular formula is C12H20N2OS. The van der Waals surface area contributed by atoms with Gasteiger partial charge < -0.3 is 10.6 Å². The Balaban J connectivity index is 2.01. The predicted molar refractivity (Wildman–Crippen MR) is 68.1 cm³/mol. The molecule has 90 valence electrons. The van der Waals surface area contributed by atoms with Crippen LogP contribution in [0.1, 0.15) is 44.9 Å². The van der Waals surface area contributed by atoms with Crippen molar-refractivity contribution in [2.24, 2.45) is 11.1 Å². The highest BCUT2D eigenvalue weighted by Gasteiger charge is 2.54. The molecule has 0 aliphatic heterocycles. The number of hydrogen-bond acceptors (Lipinski definition) is 2. The van der Waals surface area contributed by atoms with Crippen LogP contribution < -0.4 is 5.73 Å². The van der Waals surface area contributed by atoms with Gasteiger partial charge >= 0.3 is 0 Å². The molecule has 0 bridgehead atoms. The Morgan fingerprint density at radius 2 is 1.88 bits per heavy atom. The smallest absolute Gasteiger partial charge is 0.235 e. The molecule has 2 aliphatic rings. The fourth-order valence-electron chi connectivity index (χ4n) is 2.66. The molecule has 0 radical (unpaired) electrons. The van der Waals surface area contributed by atoms with Crippen LogP contribution in [0.15, 0.2) is 0 Å². The van der Waals surface area contributed by atoms with Crippen LogP contribution in [-0.2, 0) is 4.79 Å². The molecule has 2 rings (SSSR count). The summed E-state index contributed by atoms with van der Waals surface area (Å²) in [5.74, 6) is 0.159. The van der Waals surface area contributed by atoms with E-state index in [4.69, 9.17) is 18.0 Å². The second-order valence-corrected chi connectivity index (χ2v) is 5.59. The lowest BCUT2D eigenvalue weighted by Gasteiger charge is -2.33. The lowest BCUT2D eigenvalue weighted by molar-refractivity contribution is -0.135. The molecule has 2 saturated carbocycles. The molecule has 1 amide bonds. The van der Waals surface area contributed by atoms with E-state index >= 15 is 0 Å². The Labute approximate surface area is 102 Å². The first-order chi connectivity index (χ1) is 7.58. The van der Waals surface area contributed by atoms with Crippen LogP contribution >= 0.6 is 12.2 Å². The highest BCUT2D eigenvalue weighted by molar-refractivity contribution is 7.80. The maximum atomic E-state index is 12.3. The summed E-state index contributed by atoms with van der Waals surface area (Å²) < 4.78 is 0. The standard InChI is InChI=1S/C12H20N2OS/c1-14(9-5-3-2-4-6-9)11(15)12(7-8-12)10(13)16/h9H,2-8H2,1H3,(H2,13,16). The minimum Gasteiger partial charge on any atom is -0.392 e. The molecule has 0 atom stereocenters. The predicted octanol–water partition coefficient (Wildman–Crippen LogP) is 1.84. The van der Waals surface area contributed by atoms with Gasteiger partial charge in [-0.1, -0.05) is 31.5 Å². The third-order valence-corrected chi connectivity index (χ3v) is 4.46. The molecule has 0 aromatic heterocycles. The van der Waals surface area contributed by atoms with Crippen LogP contribution in [0.4, 0.5) is 0 Å². The van der Waals surface area contributed by atoms with Gasteiger partial charge in [-0.3, -0.25) is 4.79 Å². The van der Waals surface area contributed by atoms with Gasteiger partial charge in [0.25, 0.3) is 0 Å². The van der Waals surface area contributed by atoms with Crippen molar-refractivity contribution >= 4 is 23.1 Å². The number of carbonyl (C=O) groups excluding carboxylic acids is 1. The van der Waals surface area contributed by atoms with Crippen molar-refractivity contribution in [3.05, 3.63) is 0 Å². The zero-order valence-electron chi connectivity index (χ0n) is 9.87. The number of amides is 1. The zero-order chi connectivity index (χ0) is 11.8. The number of thiocarbonyl (C=S) groups is 1. The minimum atomic E-state index is -0.471. The maximum Gasteiger partial charge on any atom is 0.235 e. The molecule has 2 N–H and O–H groups in total. The SMILES string of the molecule is CN(C(=O)C1(C(N)=S)CC1)C1CCCCC1. The topological polar surface area (TPSA) is 46.3 Å². The van der Waals surface area contributed by atoms with Crippen LogP contribution in [0, 0.1) is 5.41 Å². The molecular weight excluding hydrogens is 220 g/mol. The maximum absolute atomic E-state index is 12.3. The minimum absolute atomic E-state index is 0.159. The summed E-state index contributed by atoms with van der Waals surface area (Å²) in [6.07, 6.45) is 7.74. The van der Waals surface area contributed by atoms with Crippen molar-refractivity contribution < 1.29 is 4.79 Å². The monoisotopic (exact) mass is 240 g/mol. The highest BCUT2D eigenvalue weighted by Crippen LogP contribution is 2.48. The van der Waals surface area contributed by atoms with Gasteiger partial charge in [0.15, 0.2) is 0 Å². The average Bonchev–Trinajstić information content (AvgIpc) is 3.09. The summed E-state index contributed by atoms with van der Waals surface area (Å²) in [5, 5.41) is 0. The van der Waals surface area contributed by atoms with E-state index in [1.54, 1.807) is 0 Å². The summed E-state index contributed by atoms with van der Waals surface area (Å²) in [6.45, 7) is 0. The molecule has 4 heteroatoms. The summed E-state index contributed by atoms with van der Waals surface area (Å²) in [7, 11) is 1.91. The molecule has 0 heterocycles. The van der Waals surface area contributed by atoms with Gasteiger partial charge in [-0.05, 0) is 25.7 Å². The lowest BCUT2D eigenvalue weighted by Crippen LogP contribution is -2.46. The van der Waals surface area contributed by atoms with Crippen molar-refractivity contribution in [1.82, 2.24) is 4.90 Å². The number of hydrogen-bond donors (Lipinski definition) is 1. The molecule has 2 fully saturated rings. The van der Waals surface area contributed by atoms with Gasteiger partial charge in [0.05, 0.1) is 10.4 Å². The number of nitrogens with two attached hydrogens (primary N) is 1. The largest absolute Gasteiger partial charge is 0.392 e. The van der Waals surface area contributed by atoms with Gasteiger partial charge in [-0.15, -0.1) is 0 Å². The third-order valence-electron chi connectivity index (χ3n) is 4.07. The Hall–Kier alpha value is -0.640. The van der Waals surface area contributed by atoms with Crippen LogP contribution in [0.3, 0.4) is 0 Å². The van der Waals surface area contributed by atoms with E-state index in [0.717, 1.165) is 25.7 Å². The van der Waals surface area contributed by atoms with Crippen LogP contribution in [0.2, 0.25) is 0 Å². The zero-order valence-corrected chi connectivity index (χ0v) is 10.7. The third kappa shape index (κ3) is 1.95. The molecule has 0 unspecified atom stereocenters. The summed E-state index contributed by atoms with van der Waals surface area (Å²) in [6, 6.07) is 0.410. The van der Waals surface area contributed by atoms with Crippen molar-refractivity contribution in [3.8, 4) is 0 Å². The van der Waals surface area contributed by atoms with Crippen LogP contribution in [0.25, 0.3) is 0 Å². The molecule has 2 aliphatic carbocycles. The first-order valence-corrected chi connectivity index (χ1v) is 6.56. The first-order valence-electron chi connectivity index (χ1n) is 6.15. The Bertz CT molecular complexity index is 306. The summed E-state index contributed by atoms with van der Waals surface area (Å²) in [5.41, 5.74) is 5.21. The normalized spacial score (nSPS) is 23.8.